The van der Waals surface area contributed by atoms with Crippen molar-refractivity contribution >= 4 is 21.6 Å². The second-order valence-corrected chi connectivity index (χ2v) is 8.61. The van der Waals surface area contributed by atoms with Gasteiger partial charge in [-0.3, -0.25) is 0 Å². The van der Waals surface area contributed by atoms with Crippen molar-refractivity contribution in [2.75, 3.05) is 6.54 Å². The quantitative estimate of drug-likeness (QED) is 0.650. The van der Waals surface area contributed by atoms with E-state index in [-0.39, 0.29) is 16.5 Å². The molecule has 0 aliphatic heterocycles. The Hall–Kier alpha value is -2.18. The maximum Gasteiger partial charge on any atom is 0.242 e. The molecule has 0 aliphatic rings. The van der Waals surface area contributed by atoms with Crippen LogP contribution in [0.4, 0.5) is 0 Å². The van der Waals surface area contributed by atoms with Gasteiger partial charge in [0.15, 0.2) is 0 Å². The lowest BCUT2D eigenvalue weighted by Crippen LogP contribution is -2.38. The fraction of sp³-hybridized carbons (Fsp3) is 0.143. The molecule has 3 rings (SSSR count). The van der Waals surface area contributed by atoms with Crippen LogP contribution in [0.15, 0.2) is 83.8 Å². The molecule has 3 aromatic carbocycles. The maximum absolute atomic E-state index is 12.5. The van der Waals surface area contributed by atoms with Crippen molar-refractivity contribution in [3.63, 3.8) is 0 Å². The van der Waals surface area contributed by atoms with Crippen molar-refractivity contribution in [1.82, 2.24) is 4.72 Å². The van der Waals surface area contributed by atoms with E-state index >= 15 is 0 Å². The highest BCUT2D eigenvalue weighted by atomic mass is 35.5. The van der Waals surface area contributed by atoms with E-state index in [0.29, 0.717) is 5.56 Å². The van der Waals surface area contributed by atoms with Gasteiger partial charge in [0.05, 0.1) is 5.02 Å². The van der Waals surface area contributed by atoms with Gasteiger partial charge in [-0.05, 0) is 35.7 Å². The van der Waals surface area contributed by atoms with Gasteiger partial charge in [0.2, 0.25) is 10.0 Å². The van der Waals surface area contributed by atoms with Crippen LogP contribution in [0.2, 0.25) is 5.02 Å². The first kappa shape index (κ1) is 19.6. The SMILES string of the molecule is C[C@](O)(CNS(=O)(=O)c1ccccc1Cl)c1ccc(-c2ccccc2)cc1. The Bertz CT molecular complexity index is 1020. The van der Waals surface area contributed by atoms with Crippen LogP contribution in [-0.4, -0.2) is 20.1 Å². The number of halogens is 1. The molecule has 0 unspecified atom stereocenters. The molecule has 0 radical (unpaired) electrons. The van der Waals surface area contributed by atoms with Crippen molar-refractivity contribution in [2.45, 2.75) is 17.4 Å². The summed E-state index contributed by atoms with van der Waals surface area (Å²) in [6.45, 7) is 1.39. The lowest BCUT2D eigenvalue weighted by atomic mass is 9.94. The predicted octanol–water partition coefficient (Wildman–Crippen LogP) is 4.19. The molecular formula is C21H20ClNO3S. The van der Waals surface area contributed by atoms with Gasteiger partial charge >= 0.3 is 0 Å². The van der Waals surface area contributed by atoms with E-state index in [1.165, 1.54) is 12.1 Å². The van der Waals surface area contributed by atoms with E-state index in [1.807, 2.05) is 42.5 Å². The lowest BCUT2D eigenvalue weighted by molar-refractivity contribution is 0.0627. The fourth-order valence-electron chi connectivity index (χ4n) is 2.73. The molecule has 27 heavy (non-hydrogen) atoms. The Balaban J connectivity index is 1.76. The summed E-state index contributed by atoms with van der Waals surface area (Å²) in [5, 5.41) is 10.9. The highest BCUT2D eigenvalue weighted by Gasteiger charge is 2.27. The standard InChI is InChI=1S/C21H20ClNO3S/c1-21(24,15-23-27(25,26)20-10-6-5-9-19(20)22)18-13-11-17(12-14-18)16-7-3-2-4-8-16/h2-14,23-24H,15H2,1H3/t21-/m0/s1. The first-order valence-corrected chi connectivity index (χ1v) is 10.3. The summed E-state index contributed by atoms with van der Waals surface area (Å²) in [6.07, 6.45) is 0. The van der Waals surface area contributed by atoms with Crippen molar-refractivity contribution in [1.29, 1.82) is 0 Å². The number of hydrogen-bond acceptors (Lipinski definition) is 3. The molecule has 0 fully saturated rings. The van der Waals surface area contributed by atoms with Crippen molar-refractivity contribution in [2.24, 2.45) is 0 Å². The Morgan fingerprint density at radius 1 is 0.889 bits per heavy atom. The molecule has 0 amide bonds. The smallest absolute Gasteiger partial charge is 0.242 e. The Labute approximate surface area is 164 Å². The molecule has 0 bridgehead atoms. The van der Waals surface area contributed by atoms with Gasteiger partial charge in [-0.2, -0.15) is 0 Å². The minimum atomic E-state index is -3.83. The molecule has 2 N–H and O–H groups in total. The molecule has 0 aromatic heterocycles. The maximum atomic E-state index is 12.5. The van der Waals surface area contributed by atoms with Gasteiger partial charge in [-0.25, -0.2) is 13.1 Å². The van der Waals surface area contributed by atoms with Gasteiger partial charge in [0.1, 0.15) is 10.5 Å². The molecule has 4 nitrogen and oxygen atoms in total. The van der Waals surface area contributed by atoms with E-state index in [2.05, 4.69) is 4.72 Å². The molecule has 0 saturated heterocycles. The first-order chi connectivity index (χ1) is 12.8. The number of benzene rings is 3. The Kier molecular flexibility index (Phi) is 5.67. The van der Waals surface area contributed by atoms with E-state index in [4.69, 9.17) is 11.6 Å². The van der Waals surface area contributed by atoms with Crippen LogP contribution in [0.1, 0.15) is 12.5 Å². The summed E-state index contributed by atoms with van der Waals surface area (Å²) in [7, 11) is -3.83. The highest BCUT2D eigenvalue weighted by molar-refractivity contribution is 7.89. The molecule has 0 aliphatic carbocycles. The van der Waals surface area contributed by atoms with Gasteiger partial charge < -0.3 is 5.11 Å². The normalized spacial score (nSPS) is 13.9. The van der Waals surface area contributed by atoms with E-state index < -0.39 is 15.6 Å². The minimum absolute atomic E-state index is 0.0121. The van der Waals surface area contributed by atoms with Crippen molar-refractivity contribution in [3.8, 4) is 11.1 Å². The molecule has 0 spiro atoms. The summed E-state index contributed by atoms with van der Waals surface area (Å²) >= 11 is 5.97. The third-order valence-electron chi connectivity index (χ3n) is 4.35. The number of nitrogens with one attached hydrogen (secondary N) is 1. The molecule has 140 valence electrons. The van der Waals surface area contributed by atoms with Crippen molar-refractivity contribution in [3.05, 3.63) is 89.4 Å². The largest absolute Gasteiger partial charge is 0.384 e. The molecule has 0 saturated carbocycles. The third kappa shape index (κ3) is 4.57. The predicted molar refractivity (Wildman–Crippen MR) is 108 cm³/mol. The van der Waals surface area contributed by atoms with Gasteiger partial charge in [-0.15, -0.1) is 0 Å². The zero-order valence-corrected chi connectivity index (χ0v) is 16.3. The lowest BCUT2D eigenvalue weighted by Gasteiger charge is -2.24. The topological polar surface area (TPSA) is 66.4 Å². The number of aliphatic hydroxyl groups is 1. The van der Waals surface area contributed by atoms with Crippen LogP contribution in [-0.2, 0) is 15.6 Å². The van der Waals surface area contributed by atoms with Crippen LogP contribution in [0.3, 0.4) is 0 Å². The van der Waals surface area contributed by atoms with Gasteiger partial charge in [-0.1, -0.05) is 78.3 Å². The molecule has 3 aromatic rings. The summed E-state index contributed by atoms with van der Waals surface area (Å²) in [6, 6.07) is 23.5. The molecule has 1 atom stereocenters. The second kappa shape index (κ2) is 7.82. The summed E-state index contributed by atoms with van der Waals surface area (Å²) in [4.78, 5) is -0.0121. The number of sulfonamides is 1. The molecular weight excluding hydrogens is 382 g/mol. The second-order valence-electron chi connectivity index (χ2n) is 6.47. The van der Waals surface area contributed by atoms with E-state index in [1.54, 1.807) is 31.2 Å². The zero-order valence-electron chi connectivity index (χ0n) is 14.8. The van der Waals surface area contributed by atoms with Crippen LogP contribution in [0, 0.1) is 0 Å². The average molecular weight is 402 g/mol. The Morgan fingerprint density at radius 2 is 1.44 bits per heavy atom. The monoisotopic (exact) mass is 401 g/mol. The first-order valence-electron chi connectivity index (χ1n) is 8.42. The molecule has 6 heteroatoms. The fourth-order valence-corrected chi connectivity index (χ4v) is 4.38. The highest BCUT2D eigenvalue weighted by Crippen LogP contribution is 2.26. The third-order valence-corrected chi connectivity index (χ3v) is 6.25. The van der Waals surface area contributed by atoms with Crippen LogP contribution in [0.5, 0.6) is 0 Å². The number of rotatable bonds is 6. The molecule has 0 heterocycles. The zero-order chi connectivity index (χ0) is 19.5. The number of hydrogen-bond donors (Lipinski definition) is 2. The van der Waals surface area contributed by atoms with E-state index in [0.717, 1.165) is 11.1 Å². The van der Waals surface area contributed by atoms with Gasteiger partial charge in [0, 0.05) is 6.54 Å². The van der Waals surface area contributed by atoms with E-state index in [9.17, 15) is 13.5 Å². The van der Waals surface area contributed by atoms with Crippen molar-refractivity contribution < 1.29 is 13.5 Å². The van der Waals surface area contributed by atoms with Crippen LogP contribution >= 0.6 is 11.6 Å². The van der Waals surface area contributed by atoms with Crippen LogP contribution in [0.25, 0.3) is 11.1 Å². The average Bonchev–Trinajstić information content (AvgIpc) is 2.68. The summed E-state index contributed by atoms with van der Waals surface area (Å²) in [5.41, 5.74) is 1.34. The Morgan fingerprint density at radius 3 is 2.07 bits per heavy atom. The summed E-state index contributed by atoms with van der Waals surface area (Å²) in [5.74, 6) is 0. The van der Waals surface area contributed by atoms with Gasteiger partial charge in [0.25, 0.3) is 0 Å². The minimum Gasteiger partial charge on any atom is -0.384 e. The summed E-state index contributed by atoms with van der Waals surface area (Å²) < 4.78 is 27.4. The van der Waals surface area contributed by atoms with Crippen LogP contribution < -0.4 is 4.72 Å².